The molecule has 10 heteroatoms. The molecule has 0 spiro atoms. The molecule has 2 aromatic carbocycles. The van der Waals surface area contributed by atoms with Crippen LogP contribution in [0.5, 0.6) is 5.75 Å². The van der Waals surface area contributed by atoms with Crippen LogP contribution in [0.4, 0.5) is 5.13 Å². The average molecular weight is 447 g/mol. The zero-order chi connectivity index (χ0) is 21.3. The molecule has 1 aliphatic heterocycles. The molecule has 1 aromatic heterocycles. The van der Waals surface area contributed by atoms with Gasteiger partial charge in [-0.25, -0.2) is 13.4 Å². The number of piperazine rings is 1. The van der Waals surface area contributed by atoms with Crippen molar-refractivity contribution in [2.24, 2.45) is 0 Å². The number of ether oxygens (including phenoxy) is 1. The third-order valence-corrected chi connectivity index (χ3v) is 7.43. The number of sulfonamides is 1. The van der Waals surface area contributed by atoms with Gasteiger partial charge in [-0.1, -0.05) is 11.3 Å². The molecule has 8 nitrogen and oxygen atoms in total. The molecule has 0 saturated carbocycles. The third kappa shape index (κ3) is 4.25. The maximum absolute atomic E-state index is 12.8. The van der Waals surface area contributed by atoms with E-state index < -0.39 is 10.0 Å². The Bertz CT molecular complexity index is 1170. The molecule has 0 unspecified atom stereocenters. The predicted molar refractivity (Wildman–Crippen MR) is 117 cm³/mol. The fourth-order valence-electron chi connectivity index (χ4n) is 3.22. The minimum Gasteiger partial charge on any atom is -0.497 e. The minimum atomic E-state index is -3.77. The number of rotatable bonds is 5. The number of carbonyl (C=O) groups is 1. The Hall–Kier alpha value is -2.69. The summed E-state index contributed by atoms with van der Waals surface area (Å²) in [5.74, 6) is 0.560. The number of thiazole rings is 1. The number of fused-ring (bicyclic) bond motifs is 1. The van der Waals surface area contributed by atoms with E-state index in [1.54, 1.807) is 30.3 Å². The number of aromatic nitrogens is 1. The summed E-state index contributed by atoms with van der Waals surface area (Å²) >= 11 is 1.20. The summed E-state index contributed by atoms with van der Waals surface area (Å²) < 4.78 is 33.6. The standard InChI is InChI=1S/C20H22N4O4S2/c1-23-9-11-24(12-10-23)19(25)14-3-8-17-18(13-14)29-20(21-17)22-30(26,27)16-6-4-15(28-2)5-7-16/h3-8,13H,9-12H2,1-2H3,(H,21,22). The Morgan fingerprint density at radius 2 is 1.80 bits per heavy atom. The molecule has 158 valence electrons. The summed E-state index contributed by atoms with van der Waals surface area (Å²) in [6, 6.07) is 11.4. The molecular weight excluding hydrogens is 424 g/mol. The number of hydrogen-bond donors (Lipinski definition) is 1. The largest absolute Gasteiger partial charge is 0.497 e. The number of anilines is 1. The monoisotopic (exact) mass is 446 g/mol. The molecule has 0 radical (unpaired) electrons. The lowest BCUT2D eigenvalue weighted by Gasteiger charge is -2.32. The molecule has 4 rings (SSSR count). The van der Waals surface area contributed by atoms with Crippen molar-refractivity contribution in [1.82, 2.24) is 14.8 Å². The zero-order valence-corrected chi connectivity index (χ0v) is 18.3. The summed E-state index contributed by atoms with van der Waals surface area (Å²) in [5.41, 5.74) is 1.22. The van der Waals surface area contributed by atoms with Gasteiger partial charge in [0.15, 0.2) is 5.13 Å². The number of amides is 1. The van der Waals surface area contributed by atoms with E-state index in [1.165, 1.54) is 30.6 Å². The van der Waals surface area contributed by atoms with Gasteiger partial charge >= 0.3 is 0 Å². The van der Waals surface area contributed by atoms with E-state index in [0.29, 0.717) is 29.9 Å². The first-order valence-corrected chi connectivity index (χ1v) is 11.7. The highest BCUT2D eigenvalue weighted by Crippen LogP contribution is 2.29. The molecule has 0 bridgehead atoms. The molecule has 1 N–H and O–H groups in total. The molecule has 30 heavy (non-hydrogen) atoms. The Labute approximate surface area is 179 Å². The van der Waals surface area contributed by atoms with Crippen LogP contribution in [0.1, 0.15) is 10.4 Å². The maximum Gasteiger partial charge on any atom is 0.263 e. The van der Waals surface area contributed by atoms with Gasteiger partial charge in [0, 0.05) is 31.7 Å². The molecule has 3 aromatic rings. The summed E-state index contributed by atoms with van der Waals surface area (Å²) in [7, 11) is -0.211. The van der Waals surface area contributed by atoms with Gasteiger partial charge < -0.3 is 14.5 Å². The normalized spacial score (nSPS) is 15.3. The molecular formula is C20H22N4O4S2. The highest BCUT2D eigenvalue weighted by atomic mass is 32.2. The van der Waals surface area contributed by atoms with Crippen molar-refractivity contribution >= 4 is 42.6 Å². The van der Waals surface area contributed by atoms with Crippen molar-refractivity contribution in [2.75, 3.05) is 45.1 Å². The van der Waals surface area contributed by atoms with Crippen LogP contribution in [0.15, 0.2) is 47.4 Å². The van der Waals surface area contributed by atoms with E-state index in [4.69, 9.17) is 4.74 Å². The van der Waals surface area contributed by atoms with Crippen molar-refractivity contribution in [3.8, 4) is 5.75 Å². The van der Waals surface area contributed by atoms with Crippen LogP contribution in [-0.2, 0) is 10.0 Å². The minimum absolute atomic E-state index is 0.0150. The summed E-state index contributed by atoms with van der Waals surface area (Å²) in [6.07, 6.45) is 0. The summed E-state index contributed by atoms with van der Waals surface area (Å²) in [4.78, 5) is 21.3. The molecule has 1 amide bonds. The highest BCUT2D eigenvalue weighted by molar-refractivity contribution is 7.93. The van der Waals surface area contributed by atoms with Crippen LogP contribution in [0.3, 0.4) is 0 Å². The van der Waals surface area contributed by atoms with Gasteiger partial charge in [0.05, 0.1) is 22.2 Å². The number of benzene rings is 2. The number of nitrogens with one attached hydrogen (secondary N) is 1. The van der Waals surface area contributed by atoms with Gasteiger partial charge in [-0.05, 0) is 49.5 Å². The Balaban J connectivity index is 1.54. The van der Waals surface area contributed by atoms with Gasteiger partial charge in [-0.2, -0.15) is 0 Å². The van der Waals surface area contributed by atoms with Crippen LogP contribution in [0.2, 0.25) is 0 Å². The van der Waals surface area contributed by atoms with Gasteiger partial charge in [-0.15, -0.1) is 0 Å². The van der Waals surface area contributed by atoms with E-state index in [1.807, 2.05) is 11.9 Å². The first-order valence-electron chi connectivity index (χ1n) is 9.41. The number of methoxy groups -OCH3 is 1. The Morgan fingerprint density at radius 3 is 2.47 bits per heavy atom. The molecule has 0 aliphatic carbocycles. The van der Waals surface area contributed by atoms with Crippen molar-refractivity contribution in [3.63, 3.8) is 0 Å². The number of nitrogens with zero attached hydrogens (tertiary/aromatic N) is 3. The molecule has 0 atom stereocenters. The second-order valence-corrected chi connectivity index (χ2v) is 9.79. The van der Waals surface area contributed by atoms with Crippen LogP contribution >= 0.6 is 11.3 Å². The zero-order valence-electron chi connectivity index (χ0n) is 16.7. The lowest BCUT2D eigenvalue weighted by Crippen LogP contribution is -2.47. The van der Waals surface area contributed by atoms with E-state index in [-0.39, 0.29) is 15.9 Å². The summed E-state index contributed by atoms with van der Waals surface area (Å²) in [5, 5.41) is 0.255. The fraction of sp³-hybridized carbons (Fsp3) is 0.300. The van der Waals surface area contributed by atoms with Crippen molar-refractivity contribution in [2.45, 2.75) is 4.90 Å². The topological polar surface area (TPSA) is 91.8 Å². The first-order chi connectivity index (χ1) is 14.4. The second-order valence-electron chi connectivity index (χ2n) is 7.08. The molecule has 1 aliphatic rings. The van der Waals surface area contributed by atoms with Crippen LogP contribution in [0.25, 0.3) is 10.2 Å². The van der Waals surface area contributed by atoms with Gasteiger partial charge in [0.25, 0.3) is 15.9 Å². The maximum atomic E-state index is 12.8. The van der Waals surface area contributed by atoms with Crippen LogP contribution in [-0.4, -0.2) is 69.4 Å². The van der Waals surface area contributed by atoms with E-state index in [0.717, 1.165) is 17.8 Å². The number of carbonyl (C=O) groups excluding carboxylic acids is 1. The van der Waals surface area contributed by atoms with E-state index in [2.05, 4.69) is 14.6 Å². The fourth-order valence-corrected chi connectivity index (χ4v) is 5.36. The van der Waals surface area contributed by atoms with Crippen LogP contribution < -0.4 is 9.46 Å². The molecule has 1 fully saturated rings. The quantitative estimate of drug-likeness (QED) is 0.648. The average Bonchev–Trinajstić information content (AvgIpc) is 3.14. The second kappa shape index (κ2) is 8.21. The highest BCUT2D eigenvalue weighted by Gasteiger charge is 2.21. The van der Waals surface area contributed by atoms with Crippen LogP contribution in [0, 0.1) is 0 Å². The lowest BCUT2D eigenvalue weighted by molar-refractivity contribution is 0.0664. The summed E-state index contributed by atoms with van der Waals surface area (Å²) in [6.45, 7) is 3.10. The Kier molecular flexibility index (Phi) is 5.63. The van der Waals surface area contributed by atoms with Crippen molar-refractivity contribution in [3.05, 3.63) is 48.0 Å². The van der Waals surface area contributed by atoms with Crippen molar-refractivity contribution in [1.29, 1.82) is 0 Å². The van der Waals surface area contributed by atoms with Gasteiger partial charge in [-0.3, -0.25) is 9.52 Å². The van der Waals surface area contributed by atoms with Gasteiger partial charge in [0.1, 0.15) is 5.75 Å². The predicted octanol–water partition coefficient (Wildman–Crippen LogP) is 2.49. The van der Waals surface area contributed by atoms with E-state index >= 15 is 0 Å². The molecule has 1 saturated heterocycles. The SMILES string of the molecule is COc1ccc(S(=O)(=O)Nc2nc3ccc(C(=O)N4CCN(C)CC4)cc3s2)cc1. The third-order valence-electron chi connectivity index (χ3n) is 5.02. The van der Waals surface area contributed by atoms with E-state index in [9.17, 15) is 13.2 Å². The molecule has 2 heterocycles. The number of hydrogen-bond acceptors (Lipinski definition) is 7. The first kappa shape index (κ1) is 20.6. The smallest absolute Gasteiger partial charge is 0.263 e. The van der Waals surface area contributed by atoms with Crippen molar-refractivity contribution < 1.29 is 17.9 Å². The Morgan fingerprint density at radius 1 is 1.10 bits per heavy atom. The lowest BCUT2D eigenvalue weighted by atomic mass is 10.1. The van der Waals surface area contributed by atoms with Gasteiger partial charge in [0.2, 0.25) is 0 Å². The number of likely N-dealkylation sites (N-methyl/N-ethyl adjacent to an activating group) is 1.